The SMILES string of the molecule is C=CCCOCCNCc1ncccn1. The monoisotopic (exact) mass is 207 g/mol. The van der Waals surface area contributed by atoms with E-state index in [-0.39, 0.29) is 0 Å². The molecule has 1 aromatic heterocycles. The zero-order valence-electron chi connectivity index (χ0n) is 8.85. The molecule has 0 aliphatic heterocycles. The van der Waals surface area contributed by atoms with Crippen LogP contribution < -0.4 is 5.32 Å². The van der Waals surface area contributed by atoms with Crippen molar-refractivity contribution >= 4 is 0 Å². The second-order valence-electron chi connectivity index (χ2n) is 3.03. The van der Waals surface area contributed by atoms with Crippen LogP contribution >= 0.6 is 0 Å². The number of nitrogens with zero attached hydrogens (tertiary/aromatic N) is 2. The Balaban J connectivity index is 1.95. The Bertz CT molecular complexity index is 264. The van der Waals surface area contributed by atoms with E-state index in [1.165, 1.54) is 0 Å². The first-order valence-electron chi connectivity index (χ1n) is 5.08. The van der Waals surface area contributed by atoms with Gasteiger partial charge in [0.15, 0.2) is 0 Å². The van der Waals surface area contributed by atoms with E-state index in [1.807, 2.05) is 12.1 Å². The molecule has 0 bridgehead atoms. The molecule has 1 rings (SSSR count). The quantitative estimate of drug-likeness (QED) is 0.513. The molecular formula is C11H17N3O. The Morgan fingerprint density at radius 1 is 1.33 bits per heavy atom. The van der Waals surface area contributed by atoms with Crippen LogP contribution in [0, 0.1) is 0 Å². The smallest absolute Gasteiger partial charge is 0.141 e. The molecule has 82 valence electrons. The molecule has 0 fully saturated rings. The molecule has 0 aliphatic rings. The third-order valence-electron chi connectivity index (χ3n) is 1.79. The first-order valence-corrected chi connectivity index (χ1v) is 5.08. The lowest BCUT2D eigenvalue weighted by atomic mass is 10.4. The van der Waals surface area contributed by atoms with Crippen LogP contribution in [0.2, 0.25) is 0 Å². The molecule has 0 aliphatic carbocycles. The van der Waals surface area contributed by atoms with Crippen molar-refractivity contribution in [1.29, 1.82) is 0 Å². The van der Waals surface area contributed by atoms with Crippen molar-refractivity contribution in [2.24, 2.45) is 0 Å². The van der Waals surface area contributed by atoms with E-state index < -0.39 is 0 Å². The highest BCUT2D eigenvalue weighted by Crippen LogP contribution is 1.86. The van der Waals surface area contributed by atoms with Gasteiger partial charge in [-0.25, -0.2) is 9.97 Å². The fraction of sp³-hybridized carbons (Fsp3) is 0.455. The molecule has 0 spiro atoms. The maximum atomic E-state index is 5.34. The van der Waals surface area contributed by atoms with Gasteiger partial charge in [-0.3, -0.25) is 0 Å². The molecule has 1 heterocycles. The van der Waals surface area contributed by atoms with E-state index in [2.05, 4.69) is 21.9 Å². The van der Waals surface area contributed by atoms with Crippen molar-refractivity contribution < 1.29 is 4.74 Å². The van der Waals surface area contributed by atoms with Gasteiger partial charge in [-0.2, -0.15) is 0 Å². The van der Waals surface area contributed by atoms with Crippen LogP contribution in [0.1, 0.15) is 12.2 Å². The van der Waals surface area contributed by atoms with Gasteiger partial charge < -0.3 is 10.1 Å². The lowest BCUT2D eigenvalue weighted by molar-refractivity contribution is 0.140. The van der Waals surface area contributed by atoms with E-state index >= 15 is 0 Å². The van der Waals surface area contributed by atoms with Gasteiger partial charge in [-0.1, -0.05) is 6.08 Å². The van der Waals surface area contributed by atoms with Crippen LogP contribution in [0.4, 0.5) is 0 Å². The summed E-state index contributed by atoms with van der Waals surface area (Å²) in [5, 5.41) is 3.20. The summed E-state index contributed by atoms with van der Waals surface area (Å²) in [5.41, 5.74) is 0. The normalized spacial score (nSPS) is 10.1. The van der Waals surface area contributed by atoms with E-state index in [4.69, 9.17) is 4.74 Å². The van der Waals surface area contributed by atoms with E-state index in [1.54, 1.807) is 12.4 Å². The fourth-order valence-corrected chi connectivity index (χ4v) is 1.03. The Morgan fingerprint density at radius 2 is 2.13 bits per heavy atom. The number of hydrogen-bond donors (Lipinski definition) is 1. The highest BCUT2D eigenvalue weighted by molar-refractivity contribution is 4.87. The van der Waals surface area contributed by atoms with E-state index in [0.29, 0.717) is 13.2 Å². The van der Waals surface area contributed by atoms with E-state index in [9.17, 15) is 0 Å². The van der Waals surface area contributed by atoms with Gasteiger partial charge in [0.05, 0.1) is 19.8 Å². The van der Waals surface area contributed by atoms with Crippen LogP contribution in [-0.2, 0) is 11.3 Å². The van der Waals surface area contributed by atoms with Gasteiger partial charge in [0.2, 0.25) is 0 Å². The predicted octanol–water partition coefficient (Wildman–Crippen LogP) is 1.16. The summed E-state index contributed by atoms with van der Waals surface area (Å²) in [7, 11) is 0. The van der Waals surface area contributed by atoms with Gasteiger partial charge in [0.1, 0.15) is 5.82 Å². The topological polar surface area (TPSA) is 47.0 Å². The van der Waals surface area contributed by atoms with Gasteiger partial charge in [0.25, 0.3) is 0 Å². The minimum absolute atomic E-state index is 0.686. The van der Waals surface area contributed by atoms with Gasteiger partial charge >= 0.3 is 0 Å². The number of aromatic nitrogens is 2. The molecule has 4 nitrogen and oxygen atoms in total. The molecule has 0 aromatic carbocycles. The molecule has 4 heteroatoms. The second-order valence-corrected chi connectivity index (χ2v) is 3.03. The van der Waals surface area contributed by atoms with Crippen molar-refractivity contribution in [3.63, 3.8) is 0 Å². The van der Waals surface area contributed by atoms with Crippen LogP contribution in [0.5, 0.6) is 0 Å². The summed E-state index contributed by atoms with van der Waals surface area (Å²) in [4.78, 5) is 8.20. The molecule has 0 unspecified atom stereocenters. The van der Waals surface area contributed by atoms with Crippen molar-refractivity contribution in [2.45, 2.75) is 13.0 Å². The van der Waals surface area contributed by atoms with Gasteiger partial charge in [-0.15, -0.1) is 6.58 Å². The zero-order chi connectivity index (χ0) is 10.8. The molecule has 0 saturated heterocycles. The number of rotatable bonds is 8. The van der Waals surface area contributed by atoms with Crippen molar-refractivity contribution in [3.05, 3.63) is 36.9 Å². The molecular weight excluding hydrogens is 190 g/mol. The van der Waals surface area contributed by atoms with Crippen LogP contribution in [0.15, 0.2) is 31.1 Å². The highest BCUT2D eigenvalue weighted by atomic mass is 16.5. The lowest BCUT2D eigenvalue weighted by Crippen LogP contribution is -2.20. The largest absolute Gasteiger partial charge is 0.380 e. The van der Waals surface area contributed by atoms with Crippen LogP contribution in [0.3, 0.4) is 0 Å². The molecule has 0 amide bonds. The number of hydrogen-bond acceptors (Lipinski definition) is 4. The predicted molar refractivity (Wildman–Crippen MR) is 59.4 cm³/mol. The highest BCUT2D eigenvalue weighted by Gasteiger charge is 1.93. The minimum Gasteiger partial charge on any atom is -0.380 e. The van der Waals surface area contributed by atoms with Crippen molar-refractivity contribution in [1.82, 2.24) is 15.3 Å². The molecule has 1 aromatic rings. The fourth-order valence-electron chi connectivity index (χ4n) is 1.03. The lowest BCUT2D eigenvalue weighted by Gasteiger charge is -2.04. The summed E-state index contributed by atoms with van der Waals surface area (Å²) >= 11 is 0. The second kappa shape index (κ2) is 8.08. The molecule has 15 heavy (non-hydrogen) atoms. The summed E-state index contributed by atoms with van der Waals surface area (Å²) in [6.07, 6.45) is 6.24. The number of nitrogens with one attached hydrogen (secondary N) is 1. The van der Waals surface area contributed by atoms with Gasteiger partial charge in [-0.05, 0) is 12.5 Å². The van der Waals surface area contributed by atoms with Crippen LogP contribution in [-0.4, -0.2) is 29.7 Å². The third kappa shape index (κ3) is 5.93. The van der Waals surface area contributed by atoms with Crippen LogP contribution in [0.25, 0.3) is 0 Å². The summed E-state index contributed by atoms with van der Waals surface area (Å²) in [5.74, 6) is 0.809. The average molecular weight is 207 g/mol. The van der Waals surface area contributed by atoms with E-state index in [0.717, 1.165) is 25.4 Å². The molecule has 0 atom stereocenters. The van der Waals surface area contributed by atoms with Gasteiger partial charge in [0, 0.05) is 18.9 Å². The van der Waals surface area contributed by atoms with Crippen molar-refractivity contribution in [3.8, 4) is 0 Å². The molecule has 0 radical (unpaired) electrons. The third-order valence-corrected chi connectivity index (χ3v) is 1.79. The first kappa shape index (κ1) is 11.8. The Hall–Kier alpha value is -1.26. The Kier molecular flexibility index (Phi) is 6.36. The Labute approximate surface area is 90.4 Å². The minimum atomic E-state index is 0.686. The summed E-state index contributed by atoms with van der Waals surface area (Å²) in [6, 6.07) is 1.81. The summed E-state index contributed by atoms with van der Waals surface area (Å²) in [6.45, 7) is 6.58. The maximum Gasteiger partial charge on any atom is 0.141 e. The average Bonchev–Trinajstić information content (AvgIpc) is 2.29. The number of ether oxygens (including phenoxy) is 1. The maximum absolute atomic E-state index is 5.34. The molecule has 1 N–H and O–H groups in total. The summed E-state index contributed by atoms with van der Waals surface area (Å²) < 4.78 is 5.34. The molecule has 0 saturated carbocycles. The van der Waals surface area contributed by atoms with Crippen molar-refractivity contribution in [2.75, 3.05) is 19.8 Å². The first-order chi connectivity index (χ1) is 7.43. The Morgan fingerprint density at radius 3 is 2.87 bits per heavy atom. The standard InChI is InChI=1S/C11H17N3O/c1-2-3-8-15-9-7-12-10-11-13-5-4-6-14-11/h2,4-6,12H,1,3,7-10H2. The zero-order valence-corrected chi connectivity index (χ0v) is 8.85.